The summed E-state index contributed by atoms with van der Waals surface area (Å²) in [7, 11) is 0. The van der Waals surface area contributed by atoms with Crippen molar-refractivity contribution in [3.63, 3.8) is 0 Å². The van der Waals surface area contributed by atoms with E-state index in [-0.39, 0.29) is 11.1 Å². The minimum absolute atomic E-state index is 0.186. The molecule has 23 heavy (non-hydrogen) atoms. The molecule has 8 heteroatoms. The Hall–Kier alpha value is -3.42. The van der Waals surface area contributed by atoms with E-state index >= 15 is 0 Å². The highest BCUT2D eigenvalue weighted by Crippen LogP contribution is 2.09. The van der Waals surface area contributed by atoms with Crippen LogP contribution in [0.15, 0.2) is 48.5 Å². The Morgan fingerprint density at radius 2 is 1.48 bits per heavy atom. The smallest absolute Gasteiger partial charge is 0.316 e. The van der Waals surface area contributed by atoms with Gasteiger partial charge in [0.15, 0.2) is 0 Å². The monoisotopic (exact) mass is 316 g/mol. The summed E-state index contributed by atoms with van der Waals surface area (Å²) >= 11 is 0. The van der Waals surface area contributed by atoms with Crippen LogP contribution in [0.4, 0.5) is 14.9 Å². The summed E-state index contributed by atoms with van der Waals surface area (Å²) in [5.74, 6) is -2.06. The summed E-state index contributed by atoms with van der Waals surface area (Å²) in [6, 6.07) is 10.5. The first-order chi connectivity index (χ1) is 11.0. The molecule has 0 heterocycles. The van der Waals surface area contributed by atoms with Gasteiger partial charge < -0.3 is 11.1 Å². The van der Waals surface area contributed by atoms with Crippen molar-refractivity contribution in [2.75, 3.05) is 5.32 Å². The quantitative estimate of drug-likeness (QED) is 0.642. The van der Waals surface area contributed by atoms with Crippen LogP contribution >= 0.6 is 0 Å². The van der Waals surface area contributed by atoms with E-state index in [2.05, 4.69) is 16.2 Å². The molecule has 4 amide bonds. The van der Waals surface area contributed by atoms with Gasteiger partial charge in [-0.2, -0.15) is 0 Å². The van der Waals surface area contributed by atoms with Gasteiger partial charge in [-0.05, 0) is 36.4 Å². The second kappa shape index (κ2) is 7.03. The van der Waals surface area contributed by atoms with Crippen molar-refractivity contribution in [3.05, 3.63) is 65.5 Å². The van der Waals surface area contributed by atoms with Gasteiger partial charge in [0.1, 0.15) is 5.82 Å². The van der Waals surface area contributed by atoms with Crippen molar-refractivity contribution in [1.29, 1.82) is 0 Å². The number of anilines is 1. The van der Waals surface area contributed by atoms with Crippen molar-refractivity contribution in [3.8, 4) is 0 Å². The summed E-state index contributed by atoms with van der Waals surface area (Å²) in [4.78, 5) is 34.3. The van der Waals surface area contributed by atoms with Crippen LogP contribution in [-0.4, -0.2) is 17.8 Å². The molecule has 0 aliphatic heterocycles. The van der Waals surface area contributed by atoms with E-state index in [0.717, 1.165) is 6.07 Å². The van der Waals surface area contributed by atoms with E-state index in [1.165, 1.54) is 42.5 Å². The molecule has 0 fully saturated rings. The zero-order chi connectivity index (χ0) is 16.8. The second-order valence-corrected chi connectivity index (χ2v) is 4.45. The molecule has 7 nitrogen and oxygen atoms in total. The fraction of sp³-hybridized carbons (Fsp3) is 0. The molecule has 2 rings (SSSR count). The first kappa shape index (κ1) is 16.0. The lowest BCUT2D eigenvalue weighted by molar-refractivity contribution is 0.0844. The summed E-state index contributed by atoms with van der Waals surface area (Å²) in [5, 5.41) is 2.34. The number of rotatable bonds is 3. The molecule has 0 saturated heterocycles. The number of hydrogen-bond donors (Lipinski definition) is 4. The number of benzene rings is 2. The predicted molar refractivity (Wildman–Crippen MR) is 81.0 cm³/mol. The first-order valence-corrected chi connectivity index (χ1v) is 6.49. The van der Waals surface area contributed by atoms with Gasteiger partial charge in [-0.15, -0.1) is 0 Å². The SMILES string of the molecule is NC(=O)Nc1ccc(C(=O)NNC(=O)c2ccccc2F)cc1. The Morgan fingerprint density at radius 3 is 2.09 bits per heavy atom. The maximum atomic E-state index is 13.4. The van der Waals surface area contributed by atoms with Gasteiger partial charge >= 0.3 is 6.03 Å². The summed E-state index contributed by atoms with van der Waals surface area (Å²) in [6.45, 7) is 0. The van der Waals surface area contributed by atoms with Crippen LogP contribution in [0.1, 0.15) is 20.7 Å². The zero-order valence-corrected chi connectivity index (χ0v) is 11.8. The van der Waals surface area contributed by atoms with Crippen molar-refractivity contribution in [1.82, 2.24) is 10.9 Å². The van der Waals surface area contributed by atoms with E-state index in [0.29, 0.717) is 5.69 Å². The predicted octanol–water partition coefficient (Wildman–Crippen LogP) is 1.39. The highest BCUT2D eigenvalue weighted by atomic mass is 19.1. The van der Waals surface area contributed by atoms with E-state index in [1.807, 2.05) is 0 Å². The molecule has 0 aliphatic carbocycles. The first-order valence-electron chi connectivity index (χ1n) is 6.49. The van der Waals surface area contributed by atoms with Crippen LogP contribution in [-0.2, 0) is 0 Å². The number of nitrogens with one attached hydrogen (secondary N) is 3. The van der Waals surface area contributed by atoms with Gasteiger partial charge in [-0.3, -0.25) is 20.4 Å². The normalized spacial score (nSPS) is 9.78. The van der Waals surface area contributed by atoms with Crippen molar-refractivity contribution >= 4 is 23.5 Å². The van der Waals surface area contributed by atoms with Gasteiger partial charge in [0.2, 0.25) is 0 Å². The molecule has 2 aromatic carbocycles. The maximum absolute atomic E-state index is 13.4. The highest BCUT2D eigenvalue weighted by molar-refractivity contribution is 5.99. The Morgan fingerprint density at radius 1 is 0.870 bits per heavy atom. The highest BCUT2D eigenvalue weighted by Gasteiger charge is 2.12. The molecular formula is C15H13FN4O3. The Balaban J connectivity index is 1.95. The molecule has 2 aromatic rings. The number of hydrogen-bond acceptors (Lipinski definition) is 3. The molecule has 0 spiro atoms. The van der Waals surface area contributed by atoms with Crippen molar-refractivity contribution < 1.29 is 18.8 Å². The fourth-order valence-electron chi connectivity index (χ4n) is 1.75. The molecule has 118 valence electrons. The number of hydrazine groups is 1. The fourth-order valence-corrected chi connectivity index (χ4v) is 1.75. The standard InChI is InChI=1S/C15H13FN4O3/c16-12-4-2-1-3-11(12)14(22)20-19-13(21)9-5-7-10(8-6-9)18-15(17)23/h1-8H,(H,19,21)(H,20,22)(H3,17,18,23). The number of halogens is 1. The number of carbonyl (C=O) groups is 3. The summed E-state index contributed by atoms with van der Waals surface area (Å²) < 4.78 is 13.4. The topological polar surface area (TPSA) is 113 Å². The summed E-state index contributed by atoms with van der Waals surface area (Å²) in [5.41, 5.74) is 9.71. The summed E-state index contributed by atoms with van der Waals surface area (Å²) in [6.07, 6.45) is 0. The molecule has 0 radical (unpaired) electrons. The van der Waals surface area contributed by atoms with E-state index in [1.54, 1.807) is 0 Å². The van der Waals surface area contributed by atoms with Gasteiger partial charge in [-0.1, -0.05) is 12.1 Å². The van der Waals surface area contributed by atoms with Crippen LogP contribution in [0.5, 0.6) is 0 Å². The van der Waals surface area contributed by atoms with Crippen LogP contribution in [0.25, 0.3) is 0 Å². The maximum Gasteiger partial charge on any atom is 0.316 e. The third kappa shape index (κ3) is 4.27. The molecule has 0 unspecified atom stereocenters. The third-order valence-electron chi connectivity index (χ3n) is 2.82. The molecule has 0 atom stereocenters. The third-order valence-corrected chi connectivity index (χ3v) is 2.82. The Bertz CT molecular complexity index is 747. The van der Waals surface area contributed by atoms with Crippen LogP contribution in [0.2, 0.25) is 0 Å². The van der Waals surface area contributed by atoms with Gasteiger partial charge in [0.05, 0.1) is 5.56 Å². The minimum atomic E-state index is -0.775. The average molecular weight is 316 g/mol. The minimum Gasteiger partial charge on any atom is -0.351 e. The van der Waals surface area contributed by atoms with Crippen LogP contribution in [0.3, 0.4) is 0 Å². The molecule has 0 aliphatic rings. The average Bonchev–Trinajstić information content (AvgIpc) is 2.53. The van der Waals surface area contributed by atoms with E-state index in [4.69, 9.17) is 5.73 Å². The number of carbonyl (C=O) groups excluding carboxylic acids is 3. The number of primary amides is 1. The van der Waals surface area contributed by atoms with E-state index < -0.39 is 23.7 Å². The van der Waals surface area contributed by atoms with Gasteiger partial charge in [0.25, 0.3) is 11.8 Å². The largest absolute Gasteiger partial charge is 0.351 e. The van der Waals surface area contributed by atoms with Gasteiger partial charge in [0, 0.05) is 11.3 Å². The van der Waals surface area contributed by atoms with Crippen LogP contribution < -0.4 is 21.9 Å². The Labute approximate surface area is 130 Å². The van der Waals surface area contributed by atoms with Crippen LogP contribution in [0, 0.1) is 5.82 Å². The molecule has 0 bridgehead atoms. The second-order valence-electron chi connectivity index (χ2n) is 4.45. The lowest BCUT2D eigenvalue weighted by Crippen LogP contribution is -2.41. The molecule has 0 saturated carbocycles. The van der Waals surface area contributed by atoms with Crippen molar-refractivity contribution in [2.45, 2.75) is 0 Å². The lowest BCUT2D eigenvalue weighted by Gasteiger charge is -2.08. The molecule has 0 aromatic heterocycles. The molecular weight excluding hydrogens is 303 g/mol. The number of amides is 4. The van der Waals surface area contributed by atoms with Crippen molar-refractivity contribution in [2.24, 2.45) is 5.73 Å². The number of nitrogens with two attached hydrogens (primary N) is 1. The zero-order valence-electron chi connectivity index (χ0n) is 11.8. The number of urea groups is 1. The lowest BCUT2D eigenvalue weighted by atomic mass is 10.2. The Kier molecular flexibility index (Phi) is 4.88. The van der Waals surface area contributed by atoms with Gasteiger partial charge in [-0.25, -0.2) is 9.18 Å². The van der Waals surface area contributed by atoms with E-state index in [9.17, 15) is 18.8 Å². The molecule has 5 N–H and O–H groups in total.